The van der Waals surface area contributed by atoms with E-state index >= 15 is 0 Å². The lowest BCUT2D eigenvalue weighted by Gasteiger charge is -2.26. The minimum Gasteiger partial charge on any atom is -0.399 e. The number of nitrogens with one attached hydrogen (secondary N) is 2. The molecule has 4 N–H and O–H groups in total. The number of hydrogen-bond donors (Lipinski definition) is 3. The second-order valence-corrected chi connectivity index (χ2v) is 7.01. The Labute approximate surface area is 117 Å². The molecule has 0 aliphatic carbocycles. The Balaban J connectivity index is 2.85. The molecular formula is C12H19F2N3O2S. The third kappa shape index (κ3) is 5.30. The van der Waals surface area contributed by atoms with E-state index in [4.69, 9.17) is 5.73 Å². The zero-order valence-electron chi connectivity index (χ0n) is 11.6. The zero-order valence-corrected chi connectivity index (χ0v) is 12.4. The van der Waals surface area contributed by atoms with Gasteiger partial charge in [0.2, 0.25) is 10.0 Å². The first-order valence-corrected chi connectivity index (χ1v) is 7.80. The van der Waals surface area contributed by atoms with Crippen molar-refractivity contribution in [3.8, 4) is 0 Å². The third-order valence-corrected chi connectivity index (χ3v) is 3.42. The van der Waals surface area contributed by atoms with Crippen LogP contribution in [0.15, 0.2) is 18.2 Å². The summed E-state index contributed by atoms with van der Waals surface area (Å²) in [4.78, 5) is 0. The molecule has 0 atom stereocenters. The lowest BCUT2D eigenvalue weighted by molar-refractivity contribution is 0.152. The number of hydrogen-bond acceptors (Lipinski definition) is 4. The van der Waals surface area contributed by atoms with Crippen LogP contribution in [0.2, 0.25) is 0 Å². The zero-order chi connectivity index (χ0) is 15.6. The van der Waals surface area contributed by atoms with E-state index in [1.54, 1.807) is 13.8 Å². The van der Waals surface area contributed by atoms with Gasteiger partial charge in [-0.3, -0.25) is 0 Å². The molecule has 20 heavy (non-hydrogen) atoms. The van der Waals surface area contributed by atoms with E-state index in [0.29, 0.717) is 0 Å². The van der Waals surface area contributed by atoms with Crippen LogP contribution < -0.4 is 15.8 Å². The highest BCUT2D eigenvalue weighted by molar-refractivity contribution is 7.88. The summed E-state index contributed by atoms with van der Waals surface area (Å²) >= 11 is 0. The maximum atomic E-state index is 12.9. The number of nitrogen functional groups attached to an aromatic ring is 1. The van der Waals surface area contributed by atoms with Crippen LogP contribution in [0.1, 0.15) is 25.8 Å². The van der Waals surface area contributed by atoms with Crippen LogP contribution in [0.3, 0.4) is 0 Å². The topological polar surface area (TPSA) is 84.2 Å². The van der Waals surface area contributed by atoms with Gasteiger partial charge in [-0.1, -0.05) is 0 Å². The Morgan fingerprint density at radius 2 is 1.95 bits per heavy atom. The molecule has 0 aliphatic rings. The fourth-order valence-corrected chi connectivity index (χ4v) is 2.85. The Bertz CT molecular complexity index is 574. The average molecular weight is 307 g/mol. The van der Waals surface area contributed by atoms with Crippen molar-refractivity contribution in [2.45, 2.75) is 25.8 Å². The van der Waals surface area contributed by atoms with Crippen molar-refractivity contribution in [1.82, 2.24) is 4.72 Å². The number of sulfonamides is 1. The Morgan fingerprint density at radius 1 is 1.35 bits per heavy atom. The van der Waals surface area contributed by atoms with Gasteiger partial charge in [0.05, 0.1) is 6.26 Å². The fraction of sp³-hybridized carbons (Fsp3) is 0.500. The van der Waals surface area contributed by atoms with Crippen molar-refractivity contribution in [1.29, 1.82) is 0 Å². The van der Waals surface area contributed by atoms with E-state index in [1.807, 2.05) is 0 Å². The predicted molar refractivity (Wildman–Crippen MR) is 76.4 cm³/mol. The first-order valence-electron chi connectivity index (χ1n) is 5.90. The molecule has 5 nitrogen and oxygen atoms in total. The van der Waals surface area contributed by atoms with Crippen LogP contribution in [-0.2, 0) is 10.0 Å². The number of benzene rings is 1. The summed E-state index contributed by atoms with van der Waals surface area (Å²) in [7, 11) is -3.38. The number of halogens is 2. The molecule has 0 saturated heterocycles. The van der Waals surface area contributed by atoms with E-state index in [-0.39, 0.29) is 23.5 Å². The monoisotopic (exact) mass is 307 g/mol. The third-order valence-electron chi connectivity index (χ3n) is 2.49. The molecule has 0 radical (unpaired) electrons. The van der Waals surface area contributed by atoms with E-state index in [2.05, 4.69) is 10.0 Å². The van der Waals surface area contributed by atoms with E-state index in [1.165, 1.54) is 18.2 Å². The Morgan fingerprint density at radius 3 is 2.45 bits per heavy atom. The second kappa shape index (κ2) is 5.92. The molecule has 1 rings (SSSR count). The minimum atomic E-state index is -3.38. The number of rotatable bonds is 6. The fourth-order valence-electron chi connectivity index (χ4n) is 1.78. The molecule has 0 bridgehead atoms. The molecule has 0 unspecified atom stereocenters. The van der Waals surface area contributed by atoms with E-state index < -0.39 is 22.0 Å². The number of nitrogens with two attached hydrogens (primary N) is 1. The summed E-state index contributed by atoms with van der Waals surface area (Å²) in [6, 6.07) is 4.16. The lowest BCUT2D eigenvalue weighted by Crippen LogP contribution is -2.47. The molecule has 8 heteroatoms. The van der Waals surface area contributed by atoms with Gasteiger partial charge in [-0.25, -0.2) is 21.9 Å². The van der Waals surface area contributed by atoms with Crippen molar-refractivity contribution in [2.24, 2.45) is 0 Å². The molecule has 1 aromatic rings. The van der Waals surface area contributed by atoms with Crippen LogP contribution in [0, 0.1) is 0 Å². The molecular weight excluding hydrogens is 288 g/mol. The molecule has 114 valence electrons. The first kappa shape index (κ1) is 16.6. The quantitative estimate of drug-likeness (QED) is 0.701. The summed E-state index contributed by atoms with van der Waals surface area (Å²) in [6.45, 7) is 3.46. The van der Waals surface area contributed by atoms with Crippen molar-refractivity contribution in [3.05, 3.63) is 23.8 Å². The van der Waals surface area contributed by atoms with Gasteiger partial charge in [0, 0.05) is 29.0 Å². The first-order chi connectivity index (χ1) is 9.00. The SMILES string of the molecule is CC(C)(CNc1ccc(N)cc1C(F)F)NS(C)(=O)=O. The smallest absolute Gasteiger partial charge is 0.265 e. The van der Waals surface area contributed by atoms with Crippen molar-refractivity contribution in [3.63, 3.8) is 0 Å². The van der Waals surface area contributed by atoms with Gasteiger partial charge < -0.3 is 11.1 Å². The summed E-state index contributed by atoms with van der Waals surface area (Å²) in [6.07, 6.45) is -1.62. The maximum absolute atomic E-state index is 12.9. The van der Waals surface area contributed by atoms with Crippen LogP contribution in [0.25, 0.3) is 0 Å². The lowest BCUT2D eigenvalue weighted by atomic mass is 10.1. The van der Waals surface area contributed by atoms with Crippen LogP contribution in [-0.4, -0.2) is 26.8 Å². The highest BCUT2D eigenvalue weighted by atomic mass is 32.2. The summed E-state index contributed by atoms with van der Waals surface area (Å²) in [5.74, 6) is 0. The van der Waals surface area contributed by atoms with Crippen LogP contribution >= 0.6 is 0 Å². The second-order valence-electron chi connectivity index (χ2n) is 5.26. The van der Waals surface area contributed by atoms with Crippen LogP contribution in [0.4, 0.5) is 20.2 Å². The molecule has 1 aromatic carbocycles. The van der Waals surface area contributed by atoms with Gasteiger partial charge in [-0.15, -0.1) is 0 Å². The summed E-state index contributed by atoms with van der Waals surface area (Å²) in [5, 5.41) is 2.82. The van der Waals surface area contributed by atoms with Gasteiger partial charge in [0.1, 0.15) is 0 Å². The minimum absolute atomic E-state index is 0.156. The molecule has 0 fully saturated rings. The average Bonchev–Trinajstić information content (AvgIpc) is 2.23. The largest absolute Gasteiger partial charge is 0.399 e. The maximum Gasteiger partial charge on any atom is 0.265 e. The summed E-state index contributed by atoms with van der Waals surface area (Å²) < 4.78 is 50.6. The highest BCUT2D eigenvalue weighted by Gasteiger charge is 2.23. The van der Waals surface area contributed by atoms with Crippen LogP contribution in [0.5, 0.6) is 0 Å². The van der Waals surface area contributed by atoms with Gasteiger partial charge >= 0.3 is 0 Å². The predicted octanol–water partition coefficient (Wildman–Crippen LogP) is 1.95. The van der Waals surface area contributed by atoms with Crippen molar-refractivity contribution in [2.75, 3.05) is 23.9 Å². The Hall–Kier alpha value is -1.41. The van der Waals surface area contributed by atoms with E-state index in [0.717, 1.165) is 6.26 Å². The van der Waals surface area contributed by atoms with Gasteiger partial charge in [0.15, 0.2) is 0 Å². The number of anilines is 2. The van der Waals surface area contributed by atoms with Crippen molar-refractivity contribution < 1.29 is 17.2 Å². The van der Waals surface area contributed by atoms with E-state index in [9.17, 15) is 17.2 Å². The standard InChI is InChI=1S/C12H19F2N3O2S/c1-12(2,17-20(3,18)19)7-16-10-5-4-8(15)6-9(10)11(13)14/h4-6,11,16-17H,7,15H2,1-3H3. The Kier molecular flexibility index (Phi) is 4.93. The highest BCUT2D eigenvalue weighted by Crippen LogP contribution is 2.29. The van der Waals surface area contributed by atoms with Gasteiger partial charge in [-0.05, 0) is 32.0 Å². The van der Waals surface area contributed by atoms with Gasteiger partial charge in [-0.2, -0.15) is 0 Å². The molecule has 0 saturated carbocycles. The van der Waals surface area contributed by atoms with Gasteiger partial charge in [0.25, 0.3) is 6.43 Å². The van der Waals surface area contributed by atoms with Crippen molar-refractivity contribution >= 4 is 21.4 Å². The summed E-state index contributed by atoms with van der Waals surface area (Å²) in [5.41, 5.74) is 4.94. The molecule has 0 amide bonds. The molecule has 0 aromatic heterocycles. The number of alkyl halides is 2. The molecule has 0 heterocycles. The molecule has 0 aliphatic heterocycles. The normalized spacial score (nSPS) is 12.7. The molecule has 0 spiro atoms.